The molecule has 1 aromatic rings. The van der Waals surface area contributed by atoms with Crippen LogP contribution in [0.2, 0.25) is 0 Å². The molecule has 0 radical (unpaired) electrons. The number of nitrogens with zero attached hydrogens (tertiary/aromatic N) is 2. The van der Waals surface area contributed by atoms with Crippen LogP contribution in [0.25, 0.3) is 0 Å². The predicted octanol–water partition coefficient (Wildman–Crippen LogP) is 2.94. The van der Waals surface area contributed by atoms with E-state index in [0.717, 1.165) is 24.4 Å². The first-order chi connectivity index (χ1) is 9.34. The molecule has 1 amide bonds. The summed E-state index contributed by atoms with van der Waals surface area (Å²) in [4.78, 5) is 11.9. The number of amides is 1. The van der Waals surface area contributed by atoms with Crippen molar-refractivity contribution < 1.29 is 9.53 Å². The van der Waals surface area contributed by atoms with Crippen LogP contribution >= 0.6 is 0 Å². The van der Waals surface area contributed by atoms with Crippen molar-refractivity contribution >= 4 is 17.5 Å². The van der Waals surface area contributed by atoms with Gasteiger partial charge in [-0.25, -0.2) is 0 Å². The standard InChI is InChI=1S/C15H18N2O2/c18-14-11-19-15(12-7-3-1-4-8-12)16-17(14)13-9-5-2-6-10-13/h2,5-6,9-10,12H,1,3-4,7-8,11H2. The smallest absolute Gasteiger partial charge is 0.285 e. The number of hydrazone groups is 1. The third kappa shape index (κ3) is 2.62. The topological polar surface area (TPSA) is 41.9 Å². The highest BCUT2D eigenvalue weighted by molar-refractivity contribution is 5.99. The van der Waals surface area contributed by atoms with Gasteiger partial charge in [0, 0.05) is 5.92 Å². The summed E-state index contributed by atoms with van der Waals surface area (Å²) in [6.07, 6.45) is 6.00. The van der Waals surface area contributed by atoms with Crippen LogP contribution in [0.15, 0.2) is 35.4 Å². The lowest BCUT2D eigenvalue weighted by molar-refractivity contribution is -0.121. The number of hydrogen-bond donors (Lipinski definition) is 0. The maximum atomic E-state index is 11.9. The molecule has 19 heavy (non-hydrogen) atoms. The Morgan fingerprint density at radius 2 is 1.84 bits per heavy atom. The van der Waals surface area contributed by atoms with Crippen LogP contribution in [0.1, 0.15) is 32.1 Å². The number of rotatable bonds is 2. The summed E-state index contributed by atoms with van der Waals surface area (Å²) in [6, 6.07) is 9.54. The van der Waals surface area contributed by atoms with Gasteiger partial charge in [0.15, 0.2) is 6.61 Å². The van der Waals surface area contributed by atoms with Crippen molar-refractivity contribution in [3.63, 3.8) is 0 Å². The van der Waals surface area contributed by atoms with E-state index in [9.17, 15) is 4.79 Å². The van der Waals surface area contributed by atoms with Crippen molar-refractivity contribution in [2.45, 2.75) is 32.1 Å². The molecule has 1 heterocycles. The van der Waals surface area contributed by atoms with Crippen LogP contribution in [-0.4, -0.2) is 18.4 Å². The van der Waals surface area contributed by atoms with Gasteiger partial charge in [-0.05, 0) is 25.0 Å². The predicted molar refractivity (Wildman–Crippen MR) is 73.9 cm³/mol. The molecular formula is C15H18N2O2. The Kier molecular flexibility index (Phi) is 3.49. The van der Waals surface area contributed by atoms with E-state index >= 15 is 0 Å². The fourth-order valence-corrected chi connectivity index (χ4v) is 2.70. The Morgan fingerprint density at radius 3 is 2.58 bits per heavy atom. The first kappa shape index (κ1) is 12.2. The number of carbonyl (C=O) groups is 1. The summed E-state index contributed by atoms with van der Waals surface area (Å²) in [7, 11) is 0. The lowest BCUT2D eigenvalue weighted by atomic mass is 9.89. The molecule has 4 nitrogen and oxygen atoms in total. The van der Waals surface area contributed by atoms with Crippen molar-refractivity contribution in [1.29, 1.82) is 0 Å². The van der Waals surface area contributed by atoms with Gasteiger partial charge in [0.1, 0.15) is 0 Å². The molecule has 2 aliphatic rings. The van der Waals surface area contributed by atoms with Gasteiger partial charge in [-0.15, -0.1) is 5.10 Å². The first-order valence-electron chi connectivity index (χ1n) is 6.94. The second kappa shape index (κ2) is 5.43. The SMILES string of the molecule is O=C1COC(C2CCCCC2)=NN1c1ccccc1. The quantitative estimate of drug-likeness (QED) is 0.818. The maximum absolute atomic E-state index is 11.9. The van der Waals surface area contributed by atoms with Crippen LogP contribution in [0.5, 0.6) is 0 Å². The minimum absolute atomic E-state index is 0.101. The molecule has 1 aromatic carbocycles. The van der Waals surface area contributed by atoms with Gasteiger partial charge in [0.25, 0.3) is 5.91 Å². The van der Waals surface area contributed by atoms with Crippen LogP contribution in [-0.2, 0) is 9.53 Å². The molecule has 4 heteroatoms. The Morgan fingerprint density at radius 1 is 1.11 bits per heavy atom. The summed E-state index contributed by atoms with van der Waals surface area (Å²) >= 11 is 0. The van der Waals surface area contributed by atoms with E-state index in [1.807, 2.05) is 30.3 Å². The molecule has 0 atom stereocenters. The van der Waals surface area contributed by atoms with Gasteiger partial charge >= 0.3 is 0 Å². The molecule has 1 aliphatic heterocycles. The molecule has 1 aliphatic carbocycles. The highest BCUT2D eigenvalue weighted by Gasteiger charge is 2.28. The van der Waals surface area contributed by atoms with Crippen molar-refractivity contribution in [1.82, 2.24) is 0 Å². The molecule has 0 N–H and O–H groups in total. The summed E-state index contributed by atoms with van der Waals surface area (Å²) in [5.41, 5.74) is 0.809. The fraction of sp³-hybridized carbons (Fsp3) is 0.467. The molecule has 1 fully saturated rings. The van der Waals surface area contributed by atoms with Crippen LogP contribution in [0.3, 0.4) is 0 Å². The summed E-state index contributed by atoms with van der Waals surface area (Å²) in [5.74, 6) is 1.02. The summed E-state index contributed by atoms with van der Waals surface area (Å²) in [5, 5.41) is 5.91. The second-order valence-electron chi connectivity index (χ2n) is 5.10. The number of benzene rings is 1. The fourth-order valence-electron chi connectivity index (χ4n) is 2.70. The molecule has 100 valence electrons. The van der Waals surface area contributed by atoms with Gasteiger partial charge < -0.3 is 4.74 Å². The number of para-hydroxylation sites is 1. The average molecular weight is 258 g/mol. The van der Waals surface area contributed by atoms with Gasteiger partial charge in [0.05, 0.1) is 5.69 Å². The van der Waals surface area contributed by atoms with E-state index < -0.39 is 0 Å². The average Bonchev–Trinajstić information content (AvgIpc) is 2.49. The molecule has 3 rings (SSSR count). The van der Waals surface area contributed by atoms with Crippen molar-refractivity contribution in [2.24, 2.45) is 11.0 Å². The van der Waals surface area contributed by atoms with E-state index in [0.29, 0.717) is 5.92 Å². The van der Waals surface area contributed by atoms with Crippen molar-refractivity contribution in [3.05, 3.63) is 30.3 Å². The highest BCUT2D eigenvalue weighted by Crippen LogP contribution is 2.27. The van der Waals surface area contributed by atoms with E-state index in [4.69, 9.17) is 4.74 Å². The monoisotopic (exact) mass is 258 g/mol. The van der Waals surface area contributed by atoms with Crippen LogP contribution in [0, 0.1) is 5.92 Å². The molecule has 0 bridgehead atoms. The van der Waals surface area contributed by atoms with Gasteiger partial charge in [-0.3, -0.25) is 4.79 Å². The van der Waals surface area contributed by atoms with Gasteiger partial charge in [-0.2, -0.15) is 5.01 Å². The van der Waals surface area contributed by atoms with E-state index in [-0.39, 0.29) is 12.5 Å². The number of ether oxygens (including phenoxy) is 1. The molecule has 0 spiro atoms. The second-order valence-corrected chi connectivity index (χ2v) is 5.10. The zero-order valence-electron chi connectivity index (χ0n) is 10.9. The van der Waals surface area contributed by atoms with Crippen LogP contribution in [0.4, 0.5) is 5.69 Å². The minimum Gasteiger partial charge on any atom is -0.469 e. The Balaban J connectivity index is 1.84. The number of carbonyl (C=O) groups excluding carboxylic acids is 1. The number of hydrogen-bond acceptors (Lipinski definition) is 3. The highest BCUT2D eigenvalue weighted by atomic mass is 16.5. The maximum Gasteiger partial charge on any atom is 0.285 e. The molecule has 0 unspecified atom stereocenters. The van der Waals surface area contributed by atoms with Gasteiger partial charge in [0.2, 0.25) is 5.90 Å². The summed E-state index contributed by atoms with van der Waals surface area (Å²) < 4.78 is 5.54. The first-order valence-corrected chi connectivity index (χ1v) is 6.94. The third-order valence-corrected chi connectivity index (χ3v) is 3.73. The lowest BCUT2D eigenvalue weighted by Crippen LogP contribution is -2.39. The zero-order valence-corrected chi connectivity index (χ0v) is 10.9. The zero-order chi connectivity index (χ0) is 13.1. The Hall–Kier alpha value is -1.84. The normalized spacial score (nSPS) is 20.9. The van der Waals surface area contributed by atoms with Crippen molar-refractivity contribution in [3.8, 4) is 0 Å². The largest absolute Gasteiger partial charge is 0.469 e. The Bertz CT molecular complexity index is 478. The minimum atomic E-state index is -0.106. The number of anilines is 1. The molecule has 1 saturated carbocycles. The summed E-state index contributed by atoms with van der Waals surface area (Å²) in [6.45, 7) is 0.101. The lowest BCUT2D eigenvalue weighted by Gasteiger charge is -2.29. The molecule has 0 aromatic heterocycles. The molecule has 0 saturated heterocycles. The Labute approximate surface area is 113 Å². The van der Waals surface area contributed by atoms with Crippen molar-refractivity contribution in [2.75, 3.05) is 11.6 Å². The van der Waals surface area contributed by atoms with Crippen LogP contribution < -0.4 is 5.01 Å². The van der Waals surface area contributed by atoms with E-state index in [1.165, 1.54) is 24.3 Å². The van der Waals surface area contributed by atoms with Gasteiger partial charge in [-0.1, -0.05) is 37.5 Å². The molecular weight excluding hydrogens is 240 g/mol. The van der Waals surface area contributed by atoms with E-state index in [2.05, 4.69) is 5.10 Å². The third-order valence-electron chi connectivity index (χ3n) is 3.73. The van der Waals surface area contributed by atoms with E-state index in [1.54, 1.807) is 0 Å².